The van der Waals surface area contributed by atoms with E-state index >= 15 is 0 Å². The van der Waals surface area contributed by atoms with E-state index in [1.807, 2.05) is 55.6 Å². The summed E-state index contributed by atoms with van der Waals surface area (Å²) in [6.45, 7) is 2.58. The van der Waals surface area contributed by atoms with Gasteiger partial charge in [0, 0.05) is 36.9 Å². The van der Waals surface area contributed by atoms with Crippen molar-refractivity contribution in [1.82, 2.24) is 20.1 Å². The van der Waals surface area contributed by atoms with Crippen molar-refractivity contribution in [3.05, 3.63) is 72.8 Å². The fourth-order valence-electron chi connectivity index (χ4n) is 2.28. The predicted octanol–water partition coefficient (Wildman–Crippen LogP) is 2.50. The third-order valence-electron chi connectivity index (χ3n) is 3.51. The summed E-state index contributed by atoms with van der Waals surface area (Å²) < 4.78 is 1.69. The monoisotopic (exact) mass is 321 g/mol. The molecule has 24 heavy (non-hydrogen) atoms. The normalized spacial score (nSPS) is 11.7. The van der Waals surface area contributed by atoms with Crippen molar-refractivity contribution in [2.75, 3.05) is 11.9 Å². The smallest absolute Gasteiger partial charge is 0.270 e. The molecule has 2 aromatic heterocycles. The Bertz CT molecular complexity index is 786. The van der Waals surface area contributed by atoms with Crippen molar-refractivity contribution in [2.24, 2.45) is 0 Å². The first-order valence-electron chi connectivity index (χ1n) is 7.78. The molecule has 1 unspecified atom stereocenters. The Morgan fingerprint density at radius 2 is 2.00 bits per heavy atom. The first-order valence-corrected chi connectivity index (χ1v) is 7.78. The van der Waals surface area contributed by atoms with E-state index in [0.717, 1.165) is 11.4 Å². The zero-order valence-electron chi connectivity index (χ0n) is 13.4. The van der Waals surface area contributed by atoms with Gasteiger partial charge in [0.25, 0.3) is 5.91 Å². The van der Waals surface area contributed by atoms with Crippen molar-refractivity contribution >= 4 is 11.6 Å². The molecule has 2 N–H and O–H groups in total. The van der Waals surface area contributed by atoms with Crippen LogP contribution in [-0.2, 0) is 0 Å². The van der Waals surface area contributed by atoms with Gasteiger partial charge in [0.1, 0.15) is 5.69 Å². The molecule has 0 fully saturated rings. The van der Waals surface area contributed by atoms with Gasteiger partial charge in [0.05, 0.1) is 5.69 Å². The van der Waals surface area contributed by atoms with E-state index < -0.39 is 0 Å². The number of nitrogens with one attached hydrogen (secondary N) is 2. The number of benzene rings is 1. The van der Waals surface area contributed by atoms with Gasteiger partial charge in [-0.15, -0.1) is 0 Å². The first kappa shape index (κ1) is 15.7. The molecule has 1 amide bonds. The number of hydrogen-bond acceptors (Lipinski definition) is 4. The van der Waals surface area contributed by atoms with Gasteiger partial charge in [-0.25, -0.2) is 4.68 Å². The van der Waals surface area contributed by atoms with Crippen LogP contribution in [0.5, 0.6) is 0 Å². The Kier molecular flexibility index (Phi) is 4.86. The van der Waals surface area contributed by atoms with Crippen molar-refractivity contribution < 1.29 is 4.79 Å². The highest BCUT2D eigenvalue weighted by molar-refractivity contribution is 5.92. The lowest BCUT2D eigenvalue weighted by molar-refractivity contribution is 0.0937. The molecule has 0 saturated heterocycles. The number of carbonyl (C=O) groups is 1. The van der Waals surface area contributed by atoms with Crippen LogP contribution in [0.15, 0.2) is 67.1 Å². The summed E-state index contributed by atoms with van der Waals surface area (Å²) in [6.07, 6.45) is 5.12. The summed E-state index contributed by atoms with van der Waals surface area (Å²) in [5, 5.41) is 10.4. The van der Waals surface area contributed by atoms with Crippen LogP contribution in [0.1, 0.15) is 17.4 Å². The molecule has 0 aliphatic carbocycles. The number of amides is 1. The van der Waals surface area contributed by atoms with Gasteiger partial charge >= 0.3 is 0 Å². The van der Waals surface area contributed by atoms with E-state index in [9.17, 15) is 4.79 Å². The molecule has 0 radical (unpaired) electrons. The molecule has 2 heterocycles. The molecule has 0 bridgehead atoms. The third-order valence-corrected chi connectivity index (χ3v) is 3.51. The molecule has 3 aromatic rings. The van der Waals surface area contributed by atoms with Gasteiger partial charge in [0.15, 0.2) is 0 Å². The van der Waals surface area contributed by atoms with Gasteiger partial charge in [-0.05, 0) is 37.3 Å². The number of aromatic nitrogens is 3. The molecule has 6 heteroatoms. The zero-order chi connectivity index (χ0) is 16.8. The molecule has 122 valence electrons. The summed E-state index contributed by atoms with van der Waals surface area (Å²) in [4.78, 5) is 16.5. The summed E-state index contributed by atoms with van der Waals surface area (Å²) in [5.41, 5.74) is 2.20. The number of nitrogens with zero attached hydrogens (tertiary/aromatic N) is 3. The molecule has 1 atom stereocenters. The molecule has 1 aromatic carbocycles. The van der Waals surface area contributed by atoms with Crippen molar-refractivity contribution in [1.29, 1.82) is 0 Å². The van der Waals surface area contributed by atoms with Crippen LogP contribution in [0, 0.1) is 0 Å². The van der Waals surface area contributed by atoms with Gasteiger partial charge in [0.2, 0.25) is 0 Å². The van der Waals surface area contributed by atoms with Crippen LogP contribution in [-0.4, -0.2) is 33.3 Å². The highest BCUT2D eigenvalue weighted by atomic mass is 16.1. The van der Waals surface area contributed by atoms with Crippen molar-refractivity contribution in [3.8, 4) is 5.69 Å². The Balaban J connectivity index is 1.59. The van der Waals surface area contributed by atoms with E-state index in [1.54, 1.807) is 23.1 Å². The van der Waals surface area contributed by atoms with Crippen LogP contribution >= 0.6 is 0 Å². The maximum absolute atomic E-state index is 12.4. The summed E-state index contributed by atoms with van der Waals surface area (Å²) in [6, 6.07) is 15.2. The minimum absolute atomic E-state index is 0.0344. The highest BCUT2D eigenvalue weighted by Gasteiger charge is 2.12. The standard InChI is InChI=1S/C18H19N5O/c1-14(13-20-15-6-3-2-4-7-15)22-18(24)17-12-16(8-10-19-17)23-11-5-9-21-23/h2-12,14,20H,13H2,1H3,(H,22,24). The molecular weight excluding hydrogens is 302 g/mol. The maximum atomic E-state index is 12.4. The number of rotatable bonds is 6. The molecule has 0 spiro atoms. The number of carbonyl (C=O) groups excluding carboxylic acids is 1. The average Bonchev–Trinajstić information content (AvgIpc) is 3.16. The Labute approximate surface area is 140 Å². The van der Waals surface area contributed by atoms with E-state index in [1.165, 1.54) is 0 Å². The van der Waals surface area contributed by atoms with E-state index in [0.29, 0.717) is 12.2 Å². The first-order chi connectivity index (χ1) is 11.7. The van der Waals surface area contributed by atoms with Crippen LogP contribution in [0.4, 0.5) is 5.69 Å². The lowest BCUT2D eigenvalue weighted by atomic mass is 10.2. The molecule has 0 aliphatic rings. The van der Waals surface area contributed by atoms with Crippen LogP contribution in [0.3, 0.4) is 0 Å². The predicted molar refractivity (Wildman–Crippen MR) is 93.2 cm³/mol. The SMILES string of the molecule is CC(CNc1ccccc1)NC(=O)c1cc(-n2cccn2)ccn1. The van der Waals surface area contributed by atoms with Gasteiger partial charge in [-0.2, -0.15) is 5.10 Å². The van der Waals surface area contributed by atoms with Gasteiger partial charge in [-0.3, -0.25) is 9.78 Å². The number of pyridine rings is 1. The molecular formula is C18H19N5O. The van der Waals surface area contributed by atoms with Gasteiger partial charge < -0.3 is 10.6 Å². The van der Waals surface area contributed by atoms with Crippen LogP contribution in [0.25, 0.3) is 5.69 Å². The molecule has 6 nitrogen and oxygen atoms in total. The largest absolute Gasteiger partial charge is 0.383 e. The average molecular weight is 321 g/mol. The minimum atomic E-state index is -0.202. The number of anilines is 1. The Morgan fingerprint density at radius 3 is 2.75 bits per heavy atom. The maximum Gasteiger partial charge on any atom is 0.270 e. The van der Waals surface area contributed by atoms with E-state index in [-0.39, 0.29) is 11.9 Å². The van der Waals surface area contributed by atoms with Gasteiger partial charge in [-0.1, -0.05) is 18.2 Å². The Morgan fingerprint density at radius 1 is 1.17 bits per heavy atom. The third kappa shape index (κ3) is 3.98. The minimum Gasteiger partial charge on any atom is -0.383 e. The van der Waals surface area contributed by atoms with Crippen molar-refractivity contribution in [3.63, 3.8) is 0 Å². The fraction of sp³-hybridized carbons (Fsp3) is 0.167. The fourth-order valence-corrected chi connectivity index (χ4v) is 2.28. The van der Waals surface area contributed by atoms with Crippen LogP contribution < -0.4 is 10.6 Å². The summed E-state index contributed by atoms with van der Waals surface area (Å²) in [5.74, 6) is -0.202. The number of hydrogen-bond donors (Lipinski definition) is 2. The molecule has 0 aliphatic heterocycles. The van der Waals surface area contributed by atoms with Crippen molar-refractivity contribution in [2.45, 2.75) is 13.0 Å². The second-order valence-electron chi connectivity index (χ2n) is 5.47. The quantitative estimate of drug-likeness (QED) is 0.732. The summed E-state index contributed by atoms with van der Waals surface area (Å²) >= 11 is 0. The Hall–Kier alpha value is -3.15. The lowest BCUT2D eigenvalue weighted by Gasteiger charge is -2.15. The zero-order valence-corrected chi connectivity index (χ0v) is 13.4. The topological polar surface area (TPSA) is 71.8 Å². The summed E-state index contributed by atoms with van der Waals surface area (Å²) in [7, 11) is 0. The number of para-hydroxylation sites is 1. The molecule has 3 rings (SSSR count). The highest BCUT2D eigenvalue weighted by Crippen LogP contribution is 2.08. The second-order valence-corrected chi connectivity index (χ2v) is 5.47. The lowest BCUT2D eigenvalue weighted by Crippen LogP contribution is -2.37. The van der Waals surface area contributed by atoms with E-state index in [4.69, 9.17) is 0 Å². The van der Waals surface area contributed by atoms with E-state index in [2.05, 4.69) is 20.7 Å². The molecule has 0 saturated carbocycles. The second kappa shape index (κ2) is 7.41. The van der Waals surface area contributed by atoms with Crippen LogP contribution in [0.2, 0.25) is 0 Å².